The lowest BCUT2D eigenvalue weighted by Crippen LogP contribution is -2.34. The summed E-state index contributed by atoms with van der Waals surface area (Å²) in [6, 6.07) is 13.7. The number of pyridine rings is 1. The fraction of sp³-hybridized carbons (Fsp3) is 0.192. The fourth-order valence-corrected chi connectivity index (χ4v) is 3.85. The van der Waals surface area contributed by atoms with E-state index in [-0.39, 0.29) is 30.2 Å². The van der Waals surface area contributed by atoms with E-state index in [9.17, 15) is 13.6 Å². The van der Waals surface area contributed by atoms with E-state index in [2.05, 4.69) is 16.4 Å². The average Bonchev–Trinajstić information content (AvgIpc) is 3.17. The number of aromatic nitrogens is 2. The van der Waals surface area contributed by atoms with Gasteiger partial charge in [0, 0.05) is 12.7 Å². The van der Waals surface area contributed by atoms with Gasteiger partial charge in [0.05, 0.1) is 28.9 Å². The molecule has 178 valence electrons. The molecular formula is C26H23F2N5O2. The highest BCUT2D eigenvalue weighted by Gasteiger charge is 2.23. The van der Waals surface area contributed by atoms with E-state index in [1.54, 1.807) is 47.9 Å². The minimum absolute atomic E-state index is 0.148. The normalized spacial score (nSPS) is 11.8. The van der Waals surface area contributed by atoms with Gasteiger partial charge < -0.3 is 15.8 Å². The third-order valence-corrected chi connectivity index (χ3v) is 5.63. The Labute approximate surface area is 200 Å². The Morgan fingerprint density at radius 3 is 2.51 bits per heavy atom. The van der Waals surface area contributed by atoms with Crippen molar-refractivity contribution >= 4 is 11.6 Å². The number of nitrogens with two attached hydrogens (primary N) is 1. The zero-order valence-electron chi connectivity index (χ0n) is 19.2. The van der Waals surface area contributed by atoms with Crippen LogP contribution in [0.2, 0.25) is 0 Å². The van der Waals surface area contributed by atoms with Crippen LogP contribution < -0.4 is 15.8 Å². The van der Waals surface area contributed by atoms with Crippen LogP contribution in [0, 0.1) is 36.8 Å². The third-order valence-electron chi connectivity index (χ3n) is 5.63. The number of carbonyl (C=O) groups is 1. The number of nitriles is 1. The molecule has 0 bridgehead atoms. The number of nitrogens with one attached hydrogen (secondary N) is 1. The maximum Gasteiger partial charge on any atom is 0.270 e. The van der Waals surface area contributed by atoms with Crippen LogP contribution in [0.1, 0.15) is 44.5 Å². The van der Waals surface area contributed by atoms with E-state index in [4.69, 9.17) is 15.7 Å². The van der Waals surface area contributed by atoms with E-state index < -0.39 is 23.6 Å². The van der Waals surface area contributed by atoms with Crippen LogP contribution in [0.5, 0.6) is 5.75 Å². The van der Waals surface area contributed by atoms with Gasteiger partial charge in [-0.3, -0.25) is 9.20 Å². The fourth-order valence-electron chi connectivity index (χ4n) is 3.85. The van der Waals surface area contributed by atoms with Crippen molar-refractivity contribution in [3.63, 3.8) is 0 Å². The van der Waals surface area contributed by atoms with Crippen molar-refractivity contribution in [3.8, 4) is 11.8 Å². The molecule has 4 aromatic rings. The van der Waals surface area contributed by atoms with Crippen molar-refractivity contribution in [2.24, 2.45) is 5.73 Å². The number of hydrogen-bond acceptors (Lipinski definition) is 5. The van der Waals surface area contributed by atoms with Crippen LogP contribution in [0.3, 0.4) is 0 Å². The Morgan fingerprint density at radius 2 is 1.89 bits per heavy atom. The second-order valence-corrected chi connectivity index (χ2v) is 8.11. The Balaban J connectivity index is 1.64. The van der Waals surface area contributed by atoms with Crippen molar-refractivity contribution < 1.29 is 18.3 Å². The summed E-state index contributed by atoms with van der Waals surface area (Å²) in [7, 11) is 0. The van der Waals surface area contributed by atoms with Crippen LogP contribution >= 0.6 is 0 Å². The summed E-state index contributed by atoms with van der Waals surface area (Å²) in [5.41, 5.74) is 8.83. The van der Waals surface area contributed by atoms with Gasteiger partial charge in [-0.15, -0.1) is 0 Å². The van der Waals surface area contributed by atoms with E-state index in [0.717, 1.165) is 23.3 Å². The lowest BCUT2D eigenvalue weighted by atomic mass is 10.0. The van der Waals surface area contributed by atoms with Crippen LogP contribution in [0.4, 0.5) is 8.78 Å². The van der Waals surface area contributed by atoms with Crippen molar-refractivity contribution in [1.82, 2.24) is 14.7 Å². The van der Waals surface area contributed by atoms with Crippen LogP contribution in [-0.2, 0) is 6.61 Å². The summed E-state index contributed by atoms with van der Waals surface area (Å²) in [5, 5.41) is 11.9. The molecular weight excluding hydrogens is 452 g/mol. The first kappa shape index (κ1) is 23.9. The van der Waals surface area contributed by atoms with Gasteiger partial charge in [0.25, 0.3) is 5.91 Å². The summed E-state index contributed by atoms with van der Waals surface area (Å²) in [6.07, 6.45) is 1.74. The Hall–Kier alpha value is -4.29. The van der Waals surface area contributed by atoms with Gasteiger partial charge in [-0.05, 0) is 55.3 Å². The van der Waals surface area contributed by atoms with Gasteiger partial charge in [0.15, 0.2) is 11.4 Å². The first-order valence-electron chi connectivity index (χ1n) is 10.9. The third kappa shape index (κ3) is 4.83. The molecule has 9 heteroatoms. The molecule has 3 N–H and O–H groups in total. The molecule has 0 spiro atoms. The minimum Gasteiger partial charge on any atom is -0.485 e. The highest BCUT2D eigenvalue weighted by molar-refractivity contribution is 5.95. The highest BCUT2D eigenvalue weighted by atomic mass is 19.1. The smallest absolute Gasteiger partial charge is 0.270 e. The number of imidazole rings is 1. The largest absolute Gasteiger partial charge is 0.485 e. The van der Waals surface area contributed by atoms with E-state index in [1.807, 2.05) is 6.92 Å². The van der Waals surface area contributed by atoms with Crippen molar-refractivity contribution in [3.05, 3.63) is 100 Å². The average molecular weight is 475 g/mol. The number of nitrogens with zero attached hydrogens (tertiary/aromatic N) is 3. The van der Waals surface area contributed by atoms with E-state index >= 15 is 0 Å². The molecule has 35 heavy (non-hydrogen) atoms. The van der Waals surface area contributed by atoms with Crippen molar-refractivity contribution in [1.29, 1.82) is 5.26 Å². The molecule has 0 fully saturated rings. The first-order chi connectivity index (χ1) is 16.8. The molecule has 2 aromatic carbocycles. The summed E-state index contributed by atoms with van der Waals surface area (Å²) in [4.78, 5) is 17.8. The molecule has 2 aromatic heterocycles. The minimum atomic E-state index is -0.705. The Kier molecular flexibility index (Phi) is 6.75. The van der Waals surface area contributed by atoms with Crippen LogP contribution in [-0.4, -0.2) is 21.8 Å². The Morgan fingerprint density at radius 1 is 1.20 bits per heavy atom. The molecule has 0 saturated carbocycles. The van der Waals surface area contributed by atoms with Gasteiger partial charge >= 0.3 is 0 Å². The number of aryl methyl sites for hydroxylation is 2. The summed E-state index contributed by atoms with van der Waals surface area (Å²) < 4.78 is 35.4. The molecule has 2 heterocycles. The number of hydrogen-bond donors (Lipinski definition) is 2. The maximum absolute atomic E-state index is 14.0. The SMILES string of the molecule is Cc1cc(OCc2c(F)cccc2F)c2nc(C)c(C(=O)NC(CN)c3ccc(C#N)cc3)n2c1. The summed E-state index contributed by atoms with van der Waals surface area (Å²) in [6.45, 7) is 3.32. The molecule has 0 aliphatic carbocycles. The quantitative estimate of drug-likeness (QED) is 0.419. The predicted molar refractivity (Wildman–Crippen MR) is 126 cm³/mol. The Bertz CT molecular complexity index is 1420. The zero-order valence-corrected chi connectivity index (χ0v) is 19.2. The van der Waals surface area contributed by atoms with Gasteiger partial charge in [0.1, 0.15) is 23.9 Å². The van der Waals surface area contributed by atoms with Crippen LogP contribution in [0.15, 0.2) is 54.7 Å². The molecule has 1 atom stereocenters. The standard InChI is InChI=1S/C26H23F2N5O2/c1-15-10-23(35-14-19-20(27)4-3-5-21(19)28)25-31-16(2)24(33(25)13-15)26(34)32-22(12-30)18-8-6-17(11-29)7-9-18/h3-10,13,22H,12,14,30H2,1-2H3,(H,32,34). The first-order valence-corrected chi connectivity index (χ1v) is 10.9. The second kappa shape index (κ2) is 9.91. The number of ether oxygens (including phenoxy) is 1. The van der Waals surface area contributed by atoms with Crippen LogP contribution in [0.25, 0.3) is 5.65 Å². The zero-order chi connectivity index (χ0) is 25.1. The number of carbonyl (C=O) groups excluding carboxylic acids is 1. The van der Waals surface area contributed by atoms with Crippen molar-refractivity contribution in [2.75, 3.05) is 6.54 Å². The number of amides is 1. The van der Waals surface area contributed by atoms with Gasteiger partial charge in [0.2, 0.25) is 0 Å². The molecule has 0 aliphatic heterocycles. The maximum atomic E-state index is 14.0. The van der Waals surface area contributed by atoms with Crippen molar-refractivity contribution in [2.45, 2.75) is 26.5 Å². The van der Waals surface area contributed by atoms with Gasteiger partial charge in [-0.25, -0.2) is 13.8 Å². The summed E-state index contributed by atoms with van der Waals surface area (Å²) >= 11 is 0. The number of halogens is 2. The second-order valence-electron chi connectivity index (χ2n) is 8.11. The molecule has 1 unspecified atom stereocenters. The number of fused-ring (bicyclic) bond motifs is 1. The number of benzene rings is 2. The summed E-state index contributed by atoms with van der Waals surface area (Å²) in [5.74, 6) is -1.52. The molecule has 0 saturated heterocycles. The molecule has 0 aliphatic rings. The van der Waals surface area contributed by atoms with E-state index in [0.29, 0.717) is 16.9 Å². The lowest BCUT2D eigenvalue weighted by Gasteiger charge is -2.18. The highest BCUT2D eigenvalue weighted by Crippen LogP contribution is 2.26. The molecule has 1 amide bonds. The predicted octanol–water partition coefficient (Wildman–Crippen LogP) is 4.11. The van der Waals surface area contributed by atoms with Gasteiger partial charge in [-0.1, -0.05) is 18.2 Å². The molecule has 4 rings (SSSR count). The molecule has 0 radical (unpaired) electrons. The van der Waals surface area contributed by atoms with Gasteiger partial charge in [-0.2, -0.15) is 5.26 Å². The van der Waals surface area contributed by atoms with E-state index in [1.165, 1.54) is 6.07 Å². The number of rotatable bonds is 7. The lowest BCUT2D eigenvalue weighted by molar-refractivity contribution is 0.0931. The molecule has 7 nitrogen and oxygen atoms in total. The monoisotopic (exact) mass is 475 g/mol. The topological polar surface area (TPSA) is 105 Å².